The topological polar surface area (TPSA) is 54.4 Å². The summed E-state index contributed by atoms with van der Waals surface area (Å²) in [5, 5.41) is 10.8. The zero-order valence-electron chi connectivity index (χ0n) is 17.3. The quantitative estimate of drug-likeness (QED) is 0.462. The van der Waals surface area contributed by atoms with Crippen molar-refractivity contribution in [2.24, 2.45) is 28.6 Å². The SMILES string of the molecule is C[C@@H]1C[C@H]2[C@@H]3C[C@H](F)C4=C(Cl)C(=O)C=C[C@]4(C)[C@@]3(Cl)[C@@H](Cl)C[C@]2(C)[C@@]1(O)C(=O)C(Cl)Cl. The molecule has 0 amide bonds. The zero-order valence-corrected chi connectivity index (χ0v) is 21.1. The Hall–Kier alpha value is 0.160. The van der Waals surface area contributed by atoms with Gasteiger partial charge in [0, 0.05) is 10.8 Å². The number of allylic oxidation sites excluding steroid dienone is 4. The van der Waals surface area contributed by atoms with E-state index in [1.165, 1.54) is 6.08 Å². The molecule has 0 radical (unpaired) electrons. The summed E-state index contributed by atoms with van der Waals surface area (Å²) in [6, 6.07) is 0. The van der Waals surface area contributed by atoms with Gasteiger partial charge in [-0.1, -0.05) is 61.7 Å². The molecule has 4 aliphatic rings. The normalized spacial score (nSPS) is 51.6. The first kappa shape index (κ1) is 24.3. The second-order valence-corrected chi connectivity index (χ2v) is 12.6. The average molecular weight is 533 g/mol. The van der Waals surface area contributed by atoms with Gasteiger partial charge in [-0.05, 0) is 48.7 Å². The first-order chi connectivity index (χ1) is 14.2. The molecule has 0 unspecified atom stereocenters. The molecule has 31 heavy (non-hydrogen) atoms. The molecule has 0 bridgehead atoms. The number of aliphatic hydroxyl groups is 1. The van der Waals surface area contributed by atoms with Gasteiger partial charge in [0.05, 0.1) is 15.3 Å². The van der Waals surface area contributed by atoms with Crippen LogP contribution in [0.1, 0.15) is 40.0 Å². The van der Waals surface area contributed by atoms with E-state index in [1.807, 2.05) is 0 Å². The van der Waals surface area contributed by atoms with Crippen molar-refractivity contribution >= 4 is 69.6 Å². The number of carbonyl (C=O) groups is 2. The van der Waals surface area contributed by atoms with Gasteiger partial charge in [0.1, 0.15) is 11.8 Å². The Morgan fingerprint density at radius 3 is 2.45 bits per heavy atom. The summed E-state index contributed by atoms with van der Waals surface area (Å²) in [5.74, 6) is -2.36. The third kappa shape index (κ3) is 2.76. The predicted molar refractivity (Wildman–Crippen MR) is 122 cm³/mol. The summed E-state index contributed by atoms with van der Waals surface area (Å²) in [6.45, 7) is 5.34. The number of fused-ring (bicyclic) bond motifs is 5. The van der Waals surface area contributed by atoms with Crippen molar-refractivity contribution in [1.29, 1.82) is 0 Å². The molecule has 0 aromatic rings. The van der Waals surface area contributed by atoms with Crippen LogP contribution in [0.4, 0.5) is 4.39 Å². The first-order valence-electron chi connectivity index (χ1n) is 10.3. The van der Waals surface area contributed by atoms with Crippen LogP contribution >= 0.6 is 58.0 Å². The van der Waals surface area contributed by atoms with Gasteiger partial charge in [0.2, 0.25) is 0 Å². The fraction of sp³-hybridized carbons (Fsp3) is 0.727. The number of Topliss-reactive ketones (excluding diaryl/α,β-unsaturated/α-hetero) is 1. The average Bonchev–Trinajstić information content (AvgIpc) is 2.88. The molecule has 1 N–H and O–H groups in total. The summed E-state index contributed by atoms with van der Waals surface area (Å²) in [5.41, 5.74) is -3.72. The summed E-state index contributed by atoms with van der Waals surface area (Å²) < 4.78 is 15.6. The van der Waals surface area contributed by atoms with Crippen molar-refractivity contribution in [3.63, 3.8) is 0 Å². The van der Waals surface area contributed by atoms with Gasteiger partial charge in [0.25, 0.3) is 0 Å². The van der Waals surface area contributed by atoms with Crippen molar-refractivity contribution in [1.82, 2.24) is 0 Å². The number of hydrogen-bond donors (Lipinski definition) is 1. The van der Waals surface area contributed by atoms with Gasteiger partial charge in [0.15, 0.2) is 16.4 Å². The summed E-state index contributed by atoms with van der Waals surface area (Å²) in [6.07, 6.45) is 2.08. The zero-order chi connectivity index (χ0) is 23.3. The minimum atomic E-state index is -1.81. The Morgan fingerprint density at radius 1 is 1.26 bits per heavy atom. The second kappa shape index (κ2) is 7.33. The molecule has 0 aromatic carbocycles. The lowest BCUT2D eigenvalue weighted by Crippen LogP contribution is -2.69. The number of ketones is 2. The van der Waals surface area contributed by atoms with Crippen LogP contribution in [0.3, 0.4) is 0 Å². The van der Waals surface area contributed by atoms with Crippen LogP contribution in [0.15, 0.2) is 22.8 Å². The van der Waals surface area contributed by atoms with Crippen molar-refractivity contribution in [2.75, 3.05) is 0 Å². The number of carbonyl (C=O) groups excluding carboxylic acids is 2. The molecular weight excluding hydrogens is 509 g/mol. The lowest BCUT2D eigenvalue weighted by molar-refractivity contribution is -0.163. The Labute approximate surface area is 206 Å². The summed E-state index contributed by atoms with van der Waals surface area (Å²) >= 11 is 32.4. The first-order valence-corrected chi connectivity index (χ1v) is 12.4. The lowest BCUT2D eigenvalue weighted by Gasteiger charge is -2.64. The van der Waals surface area contributed by atoms with E-state index in [2.05, 4.69) is 0 Å². The van der Waals surface area contributed by atoms with Crippen molar-refractivity contribution < 1.29 is 19.1 Å². The van der Waals surface area contributed by atoms with E-state index in [0.717, 1.165) is 0 Å². The number of alkyl halides is 5. The molecule has 3 fully saturated rings. The fourth-order valence-electron chi connectivity index (χ4n) is 7.26. The van der Waals surface area contributed by atoms with Crippen LogP contribution in [0.5, 0.6) is 0 Å². The molecule has 3 saturated carbocycles. The van der Waals surface area contributed by atoms with Gasteiger partial charge < -0.3 is 5.11 Å². The number of hydrogen-bond acceptors (Lipinski definition) is 3. The molecule has 9 heteroatoms. The summed E-state index contributed by atoms with van der Waals surface area (Å²) in [4.78, 5) is 22.6. The van der Waals surface area contributed by atoms with Crippen LogP contribution in [0, 0.1) is 28.6 Å². The second-order valence-electron chi connectivity index (χ2n) is 9.97. The third-order valence-corrected chi connectivity index (χ3v) is 11.2. The van der Waals surface area contributed by atoms with Crippen molar-refractivity contribution in [2.45, 2.75) is 66.9 Å². The largest absolute Gasteiger partial charge is 0.381 e. The van der Waals surface area contributed by atoms with Crippen LogP contribution in [-0.4, -0.2) is 43.5 Å². The lowest BCUT2D eigenvalue weighted by atomic mass is 9.46. The maximum absolute atomic E-state index is 15.6. The van der Waals surface area contributed by atoms with E-state index in [4.69, 9.17) is 58.0 Å². The highest BCUT2D eigenvalue weighted by atomic mass is 35.5. The molecule has 0 heterocycles. The van der Waals surface area contributed by atoms with Crippen LogP contribution < -0.4 is 0 Å². The fourth-order valence-corrected chi connectivity index (χ4v) is 9.16. The molecule has 0 aromatic heterocycles. The third-order valence-electron chi connectivity index (χ3n) is 8.82. The highest BCUT2D eigenvalue weighted by Crippen LogP contribution is 2.73. The van der Waals surface area contributed by atoms with Gasteiger partial charge in [-0.15, -0.1) is 23.2 Å². The molecular formula is C22H24Cl5FO3. The van der Waals surface area contributed by atoms with E-state index in [9.17, 15) is 14.7 Å². The maximum atomic E-state index is 15.6. The molecule has 4 aliphatic carbocycles. The standard InChI is InChI=1S/C22H24Cl5FO3/c1-9-6-10-11-7-12(28)15-16(24)13(29)4-5-19(15,2)21(11,27)14(23)8-20(10,3)22(9,31)17(30)18(25)26/h4-5,9-12,14,18,31H,6-8H2,1-3H3/t9-,10+,11+,12+,14+,19+,20+,21+,22+/m1/s1. The van der Waals surface area contributed by atoms with Gasteiger partial charge in [-0.25, -0.2) is 4.39 Å². The Bertz CT molecular complexity index is 921. The minimum absolute atomic E-state index is 0.00257. The van der Waals surface area contributed by atoms with Gasteiger partial charge >= 0.3 is 0 Å². The highest BCUT2D eigenvalue weighted by molar-refractivity contribution is 6.54. The number of halogens is 6. The van der Waals surface area contributed by atoms with E-state index < -0.39 is 61.1 Å². The van der Waals surface area contributed by atoms with E-state index in [0.29, 0.717) is 6.42 Å². The summed E-state index contributed by atoms with van der Waals surface area (Å²) in [7, 11) is 0. The molecule has 4 rings (SSSR count). The van der Waals surface area contributed by atoms with Gasteiger partial charge in [-0.3, -0.25) is 9.59 Å². The van der Waals surface area contributed by atoms with Crippen molar-refractivity contribution in [3.05, 3.63) is 22.8 Å². The van der Waals surface area contributed by atoms with E-state index >= 15 is 4.39 Å². The van der Waals surface area contributed by atoms with E-state index in [-0.39, 0.29) is 29.4 Å². The molecule has 0 saturated heterocycles. The minimum Gasteiger partial charge on any atom is -0.381 e. The molecule has 172 valence electrons. The maximum Gasteiger partial charge on any atom is 0.197 e. The van der Waals surface area contributed by atoms with Crippen LogP contribution in [-0.2, 0) is 9.59 Å². The van der Waals surface area contributed by atoms with Gasteiger partial charge in [-0.2, -0.15) is 0 Å². The Balaban J connectivity index is 1.89. The smallest absolute Gasteiger partial charge is 0.197 e. The Kier molecular flexibility index (Phi) is 5.74. The van der Waals surface area contributed by atoms with Crippen LogP contribution in [0.2, 0.25) is 0 Å². The number of rotatable bonds is 2. The molecule has 0 aliphatic heterocycles. The molecule has 9 atom stereocenters. The predicted octanol–water partition coefficient (Wildman–Crippen LogP) is 5.74. The molecule has 3 nitrogen and oxygen atoms in total. The highest BCUT2D eigenvalue weighted by Gasteiger charge is 2.76. The van der Waals surface area contributed by atoms with Crippen LogP contribution in [0.25, 0.3) is 0 Å². The molecule has 0 spiro atoms. The van der Waals surface area contributed by atoms with Crippen molar-refractivity contribution in [3.8, 4) is 0 Å². The monoisotopic (exact) mass is 530 g/mol. The van der Waals surface area contributed by atoms with E-state index in [1.54, 1.807) is 26.8 Å². The Morgan fingerprint density at radius 2 is 1.87 bits per heavy atom.